The van der Waals surface area contributed by atoms with Crippen LogP contribution in [0.4, 0.5) is 18.9 Å². The van der Waals surface area contributed by atoms with Crippen LogP contribution in [-0.4, -0.2) is 41.4 Å². The van der Waals surface area contributed by atoms with Crippen LogP contribution in [0.25, 0.3) is 11.1 Å². The number of pyridine rings is 1. The maximum atomic E-state index is 14.7. The summed E-state index contributed by atoms with van der Waals surface area (Å²) < 4.78 is 52.8. The fourth-order valence-electron chi connectivity index (χ4n) is 4.61. The molecule has 1 aliphatic rings. The molecule has 1 N–H and O–H groups in total. The largest absolute Gasteiger partial charge is 0.488 e. The van der Waals surface area contributed by atoms with E-state index in [1.807, 2.05) is 12.1 Å². The number of hydrogen-bond donors (Lipinski definition) is 1. The summed E-state index contributed by atoms with van der Waals surface area (Å²) in [5.74, 6) is -5.74. The van der Waals surface area contributed by atoms with Gasteiger partial charge in [-0.25, -0.2) is 8.78 Å². The Morgan fingerprint density at radius 1 is 1.08 bits per heavy atom. The standard InChI is InChI=1S/C28H24F3N3O4/c1-2-37-26-24(30)20(14-21(29)25(26)31)28(36)34-10-7-17(8-11-34)16-3-5-19(6-4-16)33-27(35)18-13-23-22(32-15-18)9-12-38-23/h3-6,9,12-15,17H,2,7-8,10-11H2,1H3,(H,33,35). The van der Waals surface area contributed by atoms with Crippen molar-refractivity contribution in [1.29, 1.82) is 0 Å². The summed E-state index contributed by atoms with van der Waals surface area (Å²) in [6.07, 6.45) is 4.21. The summed E-state index contributed by atoms with van der Waals surface area (Å²) >= 11 is 0. The Kier molecular flexibility index (Phi) is 7.04. The van der Waals surface area contributed by atoms with Gasteiger partial charge >= 0.3 is 0 Å². The van der Waals surface area contributed by atoms with E-state index in [9.17, 15) is 22.8 Å². The normalized spacial score (nSPS) is 14.1. The number of halogens is 3. The molecule has 196 valence electrons. The van der Waals surface area contributed by atoms with Crippen LogP contribution >= 0.6 is 0 Å². The summed E-state index contributed by atoms with van der Waals surface area (Å²) in [6, 6.07) is 11.4. The van der Waals surface area contributed by atoms with Crippen LogP contribution in [0, 0.1) is 17.5 Å². The number of amides is 2. The monoisotopic (exact) mass is 523 g/mol. The lowest BCUT2D eigenvalue weighted by molar-refractivity contribution is 0.0706. The highest BCUT2D eigenvalue weighted by Crippen LogP contribution is 2.32. The van der Waals surface area contributed by atoms with Gasteiger partial charge in [0.15, 0.2) is 23.0 Å². The molecule has 5 rings (SSSR count). The lowest BCUT2D eigenvalue weighted by Gasteiger charge is -2.32. The molecule has 0 unspecified atom stereocenters. The number of fused-ring (bicyclic) bond motifs is 1. The molecule has 0 bridgehead atoms. The van der Waals surface area contributed by atoms with E-state index >= 15 is 0 Å². The summed E-state index contributed by atoms with van der Waals surface area (Å²) in [6.45, 7) is 2.09. The lowest BCUT2D eigenvalue weighted by Crippen LogP contribution is -2.38. The number of ether oxygens (including phenoxy) is 1. The number of likely N-dealkylation sites (tertiary alicyclic amines) is 1. The van der Waals surface area contributed by atoms with Crippen molar-refractivity contribution in [3.05, 3.63) is 89.1 Å². The number of furan rings is 1. The van der Waals surface area contributed by atoms with Crippen LogP contribution in [0.15, 0.2) is 59.3 Å². The first-order valence-corrected chi connectivity index (χ1v) is 12.2. The highest BCUT2D eigenvalue weighted by molar-refractivity contribution is 6.05. The van der Waals surface area contributed by atoms with Gasteiger partial charge < -0.3 is 19.4 Å². The molecule has 4 aromatic rings. The molecule has 0 saturated carbocycles. The van der Waals surface area contributed by atoms with Crippen molar-refractivity contribution in [2.75, 3.05) is 25.0 Å². The van der Waals surface area contributed by atoms with E-state index in [0.717, 1.165) is 5.56 Å². The van der Waals surface area contributed by atoms with Crippen molar-refractivity contribution in [3.63, 3.8) is 0 Å². The molecular formula is C28H24F3N3O4. The number of carbonyl (C=O) groups excluding carboxylic acids is 2. The Hall–Kier alpha value is -4.34. The zero-order valence-electron chi connectivity index (χ0n) is 20.5. The molecular weight excluding hydrogens is 499 g/mol. The molecule has 2 amide bonds. The van der Waals surface area contributed by atoms with E-state index < -0.39 is 34.7 Å². The molecule has 2 aromatic heterocycles. The first-order valence-electron chi connectivity index (χ1n) is 12.2. The molecule has 0 aliphatic carbocycles. The van der Waals surface area contributed by atoms with Gasteiger partial charge in [0.1, 0.15) is 5.52 Å². The van der Waals surface area contributed by atoms with E-state index in [0.29, 0.717) is 54.3 Å². The smallest absolute Gasteiger partial charge is 0.257 e. The average molecular weight is 524 g/mol. The number of nitrogens with one attached hydrogen (secondary N) is 1. The van der Waals surface area contributed by atoms with E-state index in [2.05, 4.69) is 10.3 Å². The molecule has 38 heavy (non-hydrogen) atoms. The number of hydrogen-bond acceptors (Lipinski definition) is 5. The topological polar surface area (TPSA) is 84.7 Å². The summed E-state index contributed by atoms with van der Waals surface area (Å²) in [5, 5.41) is 2.84. The van der Waals surface area contributed by atoms with Gasteiger partial charge in [-0.3, -0.25) is 14.6 Å². The van der Waals surface area contributed by atoms with Crippen LogP contribution in [0.3, 0.4) is 0 Å². The minimum Gasteiger partial charge on any atom is -0.488 e. The molecule has 0 spiro atoms. The van der Waals surface area contributed by atoms with Gasteiger partial charge in [-0.15, -0.1) is 0 Å². The van der Waals surface area contributed by atoms with Crippen molar-refractivity contribution in [2.24, 2.45) is 0 Å². The zero-order valence-corrected chi connectivity index (χ0v) is 20.5. The van der Waals surface area contributed by atoms with E-state index in [1.165, 1.54) is 24.3 Å². The first kappa shape index (κ1) is 25.3. The maximum absolute atomic E-state index is 14.7. The molecule has 7 nitrogen and oxygen atoms in total. The van der Waals surface area contributed by atoms with Crippen molar-refractivity contribution in [1.82, 2.24) is 9.88 Å². The molecule has 0 radical (unpaired) electrons. The quantitative estimate of drug-likeness (QED) is 0.318. The van der Waals surface area contributed by atoms with Crippen molar-refractivity contribution >= 4 is 28.6 Å². The van der Waals surface area contributed by atoms with Gasteiger partial charge in [0.25, 0.3) is 11.8 Å². The van der Waals surface area contributed by atoms with Gasteiger partial charge in [-0.1, -0.05) is 12.1 Å². The van der Waals surface area contributed by atoms with Gasteiger partial charge in [0.05, 0.1) is 24.0 Å². The van der Waals surface area contributed by atoms with Gasteiger partial charge in [-0.2, -0.15) is 4.39 Å². The molecule has 1 fully saturated rings. The molecule has 0 atom stereocenters. The number of carbonyl (C=O) groups is 2. The van der Waals surface area contributed by atoms with E-state index in [-0.39, 0.29) is 18.4 Å². The summed E-state index contributed by atoms with van der Waals surface area (Å²) in [4.78, 5) is 31.1. The fourth-order valence-corrected chi connectivity index (χ4v) is 4.61. The number of piperidine rings is 1. The third-order valence-corrected chi connectivity index (χ3v) is 6.62. The number of rotatable bonds is 6. The Morgan fingerprint density at radius 3 is 2.53 bits per heavy atom. The molecule has 3 heterocycles. The summed E-state index contributed by atoms with van der Waals surface area (Å²) in [7, 11) is 0. The van der Waals surface area contributed by atoms with Crippen molar-refractivity contribution in [3.8, 4) is 5.75 Å². The average Bonchev–Trinajstić information content (AvgIpc) is 3.41. The van der Waals surface area contributed by atoms with E-state index in [1.54, 1.807) is 24.3 Å². The van der Waals surface area contributed by atoms with Crippen LogP contribution in [-0.2, 0) is 0 Å². The second-order valence-corrected chi connectivity index (χ2v) is 8.97. The molecule has 1 saturated heterocycles. The lowest BCUT2D eigenvalue weighted by atomic mass is 9.89. The third kappa shape index (κ3) is 4.93. The van der Waals surface area contributed by atoms with Gasteiger partial charge in [-0.05, 0) is 55.5 Å². The Morgan fingerprint density at radius 2 is 1.82 bits per heavy atom. The van der Waals surface area contributed by atoms with Crippen molar-refractivity contribution < 1.29 is 31.9 Å². The van der Waals surface area contributed by atoms with Crippen LogP contribution in [0.1, 0.15) is 52.0 Å². The second-order valence-electron chi connectivity index (χ2n) is 8.97. The number of anilines is 1. The Bertz CT molecular complexity index is 1500. The van der Waals surface area contributed by atoms with Gasteiger partial charge in [0.2, 0.25) is 5.82 Å². The molecule has 1 aliphatic heterocycles. The first-order chi connectivity index (χ1) is 18.4. The predicted octanol–water partition coefficient (Wildman–Crippen LogP) is 5.92. The van der Waals surface area contributed by atoms with Crippen LogP contribution in [0.2, 0.25) is 0 Å². The minimum atomic E-state index is -1.45. The SMILES string of the molecule is CCOc1c(F)c(F)cc(C(=O)N2CCC(c3ccc(NC(=O)c4cnc5ccoc5c4)cc3)CC2)c1F. The number of nitrogens with zero attached hydrogens (tertiary/aromatic N) is 2. The fraction of sp³-hybridized carbons (Fsp3) is 0.250. The minimum absolute atomic E-state index is 0.0727. The highest BCUT2D eigenvalue weighted by atomic mass is 19.2. The van der Waals surface area contributed by atoms with E-state index in [4.69, 9.17) is 9.15 Å². The third-order valence-electron chi connectivity index (χ3n) is 6.62. The number of benzene rings is 2. The molecule has 2 aromatic carbocycles. The molecule has 10 heteroatoms. The van der Waals surface area contributed by atoms with Crippen LogP contribution < -0.4 is 10.1 Å². The predicted molar refractivity (Wildman–Crippen MR) is 134 cm³/mol. The zero-order chi connectivity index (χ0) is 26.8. The maximum Gasteiger partial charge on any atom is 0.257 e. The second kappa shape index (κ2) is 10.6. The summed E-state index contributed by atoms with van der Waals surface area (Å²) in [5.41, 5.74) is 2.67. The highest BCUT2D eigenvalue weighted by Gasteiger charge is 2.30. The van der Waals surface area contributed by atoms with Crippen molar-refractivity contribution in [2.45, 2.75) is 25.7 Å². The Balaban J connectivity index is 1.21. The van der Waals surface area contributed by atoms with Gasteiger partial charge in [0, 0.05) is 31.0 Å². The Labute approximate surface area is 216 Å². The van der Waals surface area contributed by atoms with Crippen LogP contribution in [0.5, 0.6) is 5.75 Å². The number of aromatic nitrogens is 1.